The third-order valence-corrected chi connectivity index (χ3v) is 5.25. The van der Waals surface area contributed by atoms with Gasteiger partial charge in [0.05, 0.1) is 12.3 Å². The fourth-order valence-electron chi connectivity index (χ4n) is 3.69. The number of likely N-dealkylation sites (tertiary alicyclic amines) is 1. The molecule has 3 aromatic rings. The van der Waals surface area contributed by atoms with Crippen molar-refractivity contribution in [1.29, 1.82) is 0 Å². The van der Waals surface area contributed by atoms with Crippen molar-refractivity contribution in [3.8, 4) is 11.3 Å². The number of benzene rings is 2. The van der Waals surface area contributed by atoms with Crippen LogP contribution >= 0.6 is 0 Å². The number of hydrogen-bond acceptors (Lipinski definition) is 3. The maximum atomic E-state index is 12.8. The summed E-state index contributed by atoms with van der Waals surface area (Å²) >= 11 is 0. The first-order valence-electron chi connectivity index (χ1n) is 9.30. The summed E-state index contributed by atoms with van der Waals surface area (Å²) in [5, 5.41) is 16.0. The smallest absolute Gasteiger partial charge is 0.253 e. The van der Waals surface area contributed by atoms with Crippen LogP contribution in [0.4, 0.5) is 0 Å². The number of nitrogens with zero attached hydrogens (tertiary/aromatic N) is 2. The van der Waals surface area contributed by atoms with E-state index in [9.17, 15) is 4.79 Å². The lowest BCUT2D eigenvalue weighted by Crippen LogP contribution is -2.28. The Morgan fingerprint density at radius 2 is 1.81 bits per heavy atom. The number of aliphatic hydroxyl groups is 1. The van der Waals surface area contributed by atoms with E-state index in [2.05, 4.69) is 22.3 Å². The van der Waals surface area contributed by atoms with Gasteiger partial charge in [-0.05, 0) is 53.6 Å². The second-order valence-electron chi connectivity index (χ2n) is 7.13. The standard InChI is InChI=1S/C22H23N3O2/c26-15-17-3-1-16(2-4-17)13-18-10-12-25(14-18)22(27)20-7-5-19(6-8-20)21-9-11-23-24-21/h1-9,11,18,26H,10,12-15H2,(H,23,24)/t18-/m0/s1. The van der Waals surface area contributed by atoms with Gasteiger partial charge in [-0.1, -0.05) is 36.4 Å². The van der Waals surface area contributed by atoms with Gasteiger partial charge in [0.2, 0.25) is 0 Å². The molecule has 1 aromatic heterocycles. The summed E-state index contributed by atoms with van der Waals surface area (Å²) in [6.45, 7) is 1.68. The predicted molar refractivity (Wildman–Crippen MR) is 104 cm³/mol. The third kappa shape index (κ3) is 3.93. The van der Waals surface area contributed by atoms with E-state index < -0.39 is 0 Å². The average Bonchev–Trinajstić information content (AvgIpc) is 3.41. The molecule has 0 unspecified atom stereocenters. The van der Waals surface area contributed by atoms with Gasteiger partial charge in [0.1, 0.15) is 0 Å². The van der Waals surface area contributed by atoms with Crippen molar-refractivity contribution in [2.24, 2.45) is 5.92 Å². The fraction of sp³-hybridized carbons (Fsp3) is 0.273. The Bertz CT molecular complexity index is 886. The second-order valence-corrected chi connectivity index (χ2v) is 7.13. The highest BCUT2D eigenvalue weighted by molar-refractivity contribution is 5.94. The zero-order valence-electron chi connectivity index (χ0n) is 15.1. The zero-order chi connectivity index (χ0) is 18.6. The molecule has 1 aliphatic heterocycles. The van der Waals surface area contributed by atoms with Crippen LogP contribution in [0.2, 0.25) is 0 Å². The van der Waals surface area contributed by atoms with Crippen LogP contribution in [0.1, 0.15) is 27.9 Å². The van der Waals surface area contributed by atoms with Crippen molar-refractivity contribution < 1.29 is 9.90 Å². The number of aliphatic hydroxyl groups excluding tert-OH is 1. The summed E-state index contributed by atoms with van der Waals surface area (Å²) in [6.07, 6.45) is 3.71. The molecule has 138 valence electrons. The minimum absolute atomic E-state index is 0.0746. The molecule has 0 saturated carbocycles. The number of carbonyl (C=O) groups is 1. The minimum Gasteiger partial charge on any atom is -0.392 e. The number of carbonyl (C=O) groups excluding carboxylic acids is 1. The maximum absolute atomic E-state index is 12.8. The lowest BCUT2D eigenvalue weighted by Gasteiger charge is -2.17. The van der Waals surface area contributed by atoms with E-state index in [4.69, 9.17) is 5.11 Å². The van der Waals surface area contributed by atoms with Crippen molar-refractivity contribution in [3.05, 3.63) is 77.5 Å². The highest BCUT2D eigenvalue weighted by Gasteiger charge is 2.27. The number of aromatic nitrogens is 2. The molecule has 1 amide bonds. The molecule has 5 nitrogen and oxygen atoms in total. The van der Waals surface area contributed by atoms with Crippen molar-refractivity contribution in [2.75, 3.05) is 13.1 Å². The lowest BCUT2D eigenvalue weighted by atomic mass is 9.98. The van der Waals surface area contributed by atoms with E-state index in [1.807, 2.05) is 47.4 Å². The van der Waals surface area contributed by atoms with Gasteiger partial charge in [-0.15, -0.1) is 0 Å². The monoisotopic (exact) mass is 361 g/mol. The predicted octanol–water partition coefficient (Wildman–Crippen LogP) is 3.27. The van der Waals surface area contributed by atoms with E-state index in [1.165, 1.54) is 5.56 Å². The van der Waals surface area contributed by atoms with Crippen molar-refractivity contribution in [1.82, 2.24) is 15.1 Å². The van der Waals surface area contributed by atoms with Gasteiger partial charge in [0.15, 0.2) is 0 Å². The van der Waals surface area contributed by atoms with E-state index in [-0.39, 0.29) is 12.5 Å². The average molecular weight is 361 g/mol. The van der Waals surface area contributed by atoms with E-state index in [0.717, 1.165) is 48.3 Å². The molecule has 1 atom stereocenters. The van der Waals surface area contributed by atoms with Crippen LogP contribution in [0, 0.1) is 5.92 Å². The van der Waals surface area contributed by atoms with Crippen LogP contribution < -0.4 is 0 Å². The first-order chi connectivity index (χ1) is 13.2. The van der Waals surface area contributed by atoms with Crippen LogP contribution in [0.15, 0.2) is 60.8 Å². The molecule has 5 heteroatoms. The van der Waals surface area contributed by atoms with Gasteiger partial charge >= 0.3 is 0 Å². The summed E-state index contributed by atoms with van der Waals surface area (Å²) in [6, 6.07) is 17.7. The molecular formula is C22H23N3O2. The van der Waals surface area contributed by atoms with Crippen LogP contribution in [0.25, 0.3) is 11.3 Å². The van der Waals surface area contributed by atoms with E-state index in [1.54, 1.807) is 6.20 Å². The number of aromatic amines is 1. The van der Waals surface area contributed by atoms with Crippen LogP contribution in [0.3, 0.4) is 0 Å². The largest absolute Gasteiger partial charge is 0.392 e. The third-order valence-electron chi connectivity index (χ3n) is 5.25. The Hall–Kier alpha value is -2.92. The Morgan fingerprint density at radius 1 is 1.07 bits per heavy atom. The van der Waals surface area contributed by atoms with Gasteiger partial charge in [-0.2, -0.15) is 5.10 Å². The number of rotatable bonds is 5. The first kappa shape index (κ1) is 17.5. The summed E-state index contributed by atoms with van der Waals surface area (Å²) in [5.41, 5.74) is 4.89. The quantitative estimate of drug-likeness (QED) is 0.733. The van der Waals surface area contributed by atoms with Gasteiger partial charge in [-0.3, -0.25) is 9.89 Å². The highest BCUT2D eigenvalue weighted by atomic mass is 16.3. The van der Waals surface area contributed by atoms with Gasteiger partial charge < -0.3 is 10.0 Å². The molecule has 2 heterocycles. The minimum atomic E-state index is 0.0746. The summed E-state index contributed by atoms with van der Waals surface area (Å²) < 4.78 is 0. The maximum Gasteiger partial charge on any atom is 0.253 e. The highest BCUT2D eigenvalue weighted by Crippen LogP contribution is 2.24. The summed E-state index contributed by atoms with van der Waals surface area (Å²) in [5.74, 6) is 0.586. The molecule has 0 aliphatic carbocycles. The van der Waals surface area contributed by atoms with Crippen molar-refractivity contribution >= 4 is 5.91 Å². The molecular weight excluding hydrogens is 338 g/mol. The Kier molecular flexibility index (Phi) is 5.03. The zero-order valence-corrected chi connectivity index (χ0v) is 15.1. The van der Waals surface area contributed by atoms with Gasteiger partial charge in [0, 0.05) is 24.8 Å². The molecule has 0 spiro atoms. The molecule has 1 aliphatic rings. The summed E-state index contributed by atoms with van der Waals surface area (Å²) in [7, 11) is 0. The first-order valence-corrected chi connectivity index (χ1v) is 9.30. The molecule has 2 aromatic carbocycles. The van der Waals surface area contributed by atoms with E-state index >= 15 is 0 Å². The van der Waals surface area contributed by atoms with E-state index in [0.29, 0.717) is 5.92 Å². The van der Waals surface area contributed by atoms with Crippen LogP contribution in [-0.4, -0.2) is 39.2 Å². The molecule has 0 bridgehead atoms. The molecule has 1 fully saturated rings. The number of H-pyrrole nitrogens is 1. The normalized spacial score (nSPS) is 16.6. The number of amides is 1. The lowest BCUT2D eigenvalue weighted by molar-refractivity contribution is 0.0787. The van der Waals surface area contributed by atoms with Crippen LogP contribution in [0.5, 0.6) is 0 Å². The fourth-order valence-corrected chi connectivity index (χ4v) is 3.69. The van der Waals surface area contributed by atoms with Crippen molar-refractivity contribution in [2.45, 2.75) is 19.4 Å². The van der Waals surface area contributed by atoms with Gasteiger partial charge in [0.25, 0.3) is 5.91 Å². The number of nitrogens with one attached hydrogen (secondary N) is 1. The Labute approximate surface area is 158 Å². The molecule has 27 heavy (non-hydrogen) atoms. The Balaban J connectivity index is 1.37. The SMILES string of the molecule is O=C(c1ccc(-c2ccn[nH]2)cc1)N1CC[C@@H](Cc2ccc(CO)cc2)C1. The topological polar surface area (TPSA) is 69.2 Å². The molecule has 1 saturated heterocycles. The molecule has 2 N–H and O–H groups in total. The summed E-state index contributed by atoms with van der Waals surface area (Å²) in [4.78, 5) is 14.8. The molecule has 4 rings (SSSR count). The van der Waals surface area contributed by atoms with Gasteiger partial charge in [-0.25, -0.2) is 0 Å². The van der Waals surface area contributed by atoms with Crippen molar-refractivity contribution in [3.63, 3.8) is 0 Å². The number of hydrogen-bond donors (Lipinski definition) is 2. The van der Waals surface area contributed by atoms with Crippen LogP contribution in [-0.2, 0) is 13.0 Å². The Morgan fingerprint density at radius 3 is 2.48 bits per heavy atom. The second kappa shape index (κ2) is 7.76. The molecule has 0 radical (unpaired) electrons.